The van der Waals surface area contributed by atoms with E-state index in [2.05, 4.69) is 42.7 Å². The molecule has 0 bridgehead atoms. The van der Waals surface area contributed by atoms with Crippen molar-refractivity contribution in [2.75, 3.05) is 38.5 Å². The largest absolute Gasteiger partial charge is 0.378 e. The van der Waals surface area contributed by atoms with Crippen molar-refractivity contribution in [3.63, 3.8) is 0 Å². The smallest absolute Gasteiger partial charge is 0.193 e. The molecule has 21 heavy (non-hydrogen) atoms. The fourth-order valence-electron chi connectivity index (χ4n) is 2.81. The SMILES string of the molecule is CCNC(=NCCC1CCCO1)N1CCSC(C)(C)C1.I. The van der Waals surface area contributed by atoms with Gasteiger partial charge in [0.1, 0.15) is 0 Å². The minimum Gasteiger partial charge on any atom is -0.378 e. The zero-order chi connectivity index (χ0) is 14.4. The van der Waals surface area contributed by atoms with Gasteiger partial charge in [-0.1, -0.05) is 0 Å². The molecule has 0 aliphatic carbocycles. The summed E-state index contributed by atoms with van der Waals surface area (Å²) < 4.78 is 5.99. The molecule has 0 aromatic carbocycles. The summed E-state index contributed by atoms with van der Waals surface area (Å²) in [6.07, 6.45) is 3.92. The average molecular weight is 427 g/mol. The van der Waals surface area contributed by atoms with Gasteiger partial charge in [0.15, 0.2) is 5.96 Å². The topological polar surface area (TPSA) is 36.9 Å². The molecule has 0 radical (unpaired) electrons. The number of hydrogen-bond donors (Lipinski definition) is 1. The zero-order valence-electron chi connectivity index (χ0n) is 13.6. The highest BCUT2D eigenvalue weighted by Crippen LogP contribution is 2.29. The molecule has 2 aliphatic heterocycles. The van der Waals surface area contributed by atoms with E-state index >= 15 is 0 Å². The number of rotatable bonds is 4. The standard InChI is InChI=1S/C15H29N3OS.HI/c1-4-16-14(17-8-7-13-6-5-10-19-13)18-9-11-20-15(2,3)12-18;/h13H,4-12H2,1-3H3,(H,16,17);1H. The average Bonchev–Trinajstić information content (AvgIpc) is 2.90. The van der Waals surface area contributed by atoms with Gasteiger partial charge in [-0.15, -0.1) is 24.0 Å². The monoisotopic (exact) mass is 427 g/mol. The molecule has 2 heterocycles. The van der Waals surface area contributed by atoms with Gasteiger partial charge in [0.25, 0.3) is 0 Å². The van der Waals surface area contributed by atoms with Crippen molar-refractivity contribution in [3.8, 4) is 0 Å². The number of guanidine groups is 1. The highest BCUT2D eigenvalue weighted by atomic mass is 127. The van der Waals surface area contributed by atoms with Gasteiger partial charge in [-0.3, -0.25) is 4.99 Å². The summed E-state index contributed by atoms with van der Waals surface area (Å²) in [5, 5.41) is 3.44. The van der Waals surface area contributed by atoms with Gasteiger partial charge in [0, 0.05) is 43.3 Å². The van der Waals surface area contributed by atoms with E-state index in [1.165, 1.54) is 18.6 Å². The van der Waals surface area contributed by atoms with Crippen LogP contribution in [0.5, 0.6) is 0 Å². The van der Waals surface area contributed by atoms with Crippen LogP contribution in [0.4, 0.5) is 0 Å². The van der Waals surface area contributed by atoms with Crippen LogP contribution in [0.2, 0.25) is 0 Å². The van der Waals surface area contributed by atoms with Crippen molar-refractivity contribution < 1.29 is 4.74 Å². The van der Waals surface area contributed by atoms with Gasteiger partial charge < -0.3 is 15.0 Å². The first-order chi connectivity index (χ1) is 9.61. The maximum Gasteiger partial charge on any atom is 0.193 e. The molecule has 0 spiro atoms. The Hall–Kier alpha value is 0.310. The van der Waals surface area contributed by atoms with Gasteiger partial charge >= 0.3 is 0 Å². The van der Waals surface area contributed by atoms with E-state index < -0.39 is 0 Å². The van der Waals surface area contributed by atoms with E-state index in [0.29, 0.717) is 10.9 Å². The Morgan fingerprint density at radius 3 is 2.90 bits per heavy atom. The van der Waals surface area contributed by atoms with Crippen molar-refractivity contribution in [2.24, 2.45) is 4.99 Å². The lowest BCUT2D eigenvalue weighted by Crippen LogP contribution is -2.51. The first-order valence-electron chi connectivity index (χ1n) is 7.89. The number of thioether (sulfide) groups is 1. The summed E-state index contributed by atoms with van der Waals surface area (Å²) in [7, 11) is 0. The third kappa shape index (κ3) is 6.52. The van der Waals surface area contributed by atoms with Crippen LogP contribution in [-0.4, -0.2) is 60.2 Å². The Morgan fingerprint density at radius 2 is 2.29 bits per heavy atom. The van der Waals surface area contributed by atoms with Crippen molar-refractivity contribution in [2.45, 2.75) is 50.9 Å². The molecule has 0 saturated carbocycles. The molecule has 6 heteroatoms. The fourth-order valence-corrected chi connectivity index (χ4v) is 3.92. The van der Waals surface area contributed by atoms with Crippen molar-refractivity contribution in [1.29, 1.82) is 0 Å². The lowest BCUT2D eigenvalue weighted by molar-refractivity contribution is 0.106. The summed E-state index contributed by atoms with van der Waals surface area (Å²) in [5.41, 5.74) is 0. The minimum atomic E-state index is 0. The van der Waals surface area contributed by atoms with E-state index in [1.807, 2.05) is 0 Å². The van der Waals surface area contributed by atoms with Crippen LogP contribution in [0.15, 0.2) is 4.99 Å². The van der Waals surface area contributed by atoms with Crippen molar-refractivity contribution >= 4 is 41.7 Å². The van der Waals surface area contributed by atoms with Gasteiger partial charge in [0.2, 0.25) is 0 Å². The van der Waals surface area contributed by atoms with E-state index in [0.717, 1.165) is 45.2 Å². The van der Waals surface area contributed by atoms with Crippen molar-refractivity contribution in [1.82, 2.24) is 10.2 Å². The summed E-state index contributed by atoms with van der Waals surface area (Å²) in [4.78, 5) is 7.22. The summed E-state index contributed by atoms with van der Waals surface area (Å²) in [5.74, 6) is 2.27. The third-order valence-corrected chi connectivity index (χ3v) is 5.09. The minimum absolute atomic E-state index is 0. The van der Waals surface area contributed by atoms with Gasteiger partial charge in [-0.05, 0) is 40.0 Å². The first kappa shape index (κ1) is 19.4. The lowest BCUT2D eigenvalue weighted by atomic mass is 10.2. The molecule has 1 N–H and O–H groups in total. The summed E-state index contributed by atoms with van der Waals surface area (Å²) in [6, 6.07) is 0. The van der Waals surface area contributed by atoms with Crippen LogP contribution in [0.1, 0.15) is 40.0 Å². The summed E-state index contributed by atoms with van der Waals surface area (Å²) >= 11 is 2.06. The number of ether oxygens (including phenoxy) is 1. The lowest BCUT2D eigenvalue weighted by Gasteiger charge is -2.39. The Labute approximate surface area is 150 Å². The van der Waals surface area contributed by atoms with Gasteiger partial charge in [0.05, 0.1) is 6.10 Å². The normalized spacial score (nSPS) is 25.6. The molecule has 0 aromatic rings. The molecule has 0 amide bonds. The van der Waals surface area contributed by atoms with E-state index in [-0.39, 0.29) is 24.0 Å². The molecule has 1 unspecified atom stereocenters. The maximum atomic E-state index is 5.67. The predicted octanol–water partition coefficient (Wildman–Crippen LogP) is 2.97. The van der Waals surface area contributed by atoms with Gasteiger partial charge in [-0.25, -0.2) is 0 Å². The Kier molecular flexibility index (Phi) is 8.71. The highest BCUT2D eigenvalue weighted by molar-refractivity contribution is 14.0. The molecular formula is C15H30IN3OS. The molecule has 0 aromatic heterocycles. The Bertz CT molecular complexity index is 333. The van der Waals surface area contributed by atoms with Crippen LogP contribution in [0, 0.1) is 0 Å². The quantitative estimate of drug-likeness (QED) is 0.425. The van der Waals surface area contributed by atoms with Crippen molar-refractivity contribution in [3.05, 3.63) is 0 Å². The molecule has 2 fully saturated rings. The Balaban J connectivity index is 0.00000220. The van der Waals surface area contributed by atoms with Gasteiger partial charge in [-0.2, -0.15) is 11.8 Å². The van der Waals surface area contributed by atoms with Crippen LogP contribution in [0.3, 0.4) is 0 Å². The van der Waals surface area contributed by atoms with Crippen LogP contribution < -0.4 is 5.32 Å². The van der Waals surface area contributed by atoms with E-state index in [4.69, 9.17) is 9.73 Å². The van der Waals surface area contributed by atoms with E-state index in [1.54, 1.807) is 0 Å². The second kappa shape index (κ2) is 9.45. The number of aliphatic imine (C=N–C) groups is 1. The second-order valence-electron chi connectivity index (χ2n) is 6.19. The fraction of sp³-hybridized carbons (Fsp3) is 0.933. The first-order valence-corrected chi connectivity index (χ1v) is 8.88. The maximum absolute atomic E-state index is 5.67. The number of nitrogens with one attached hydrogen (secondary N) is 1. The number of halogens is 1. The molecule has 2 aliphatic rings. The zero-order valence-corrected chi connectivity index (χ0v) is 16.7. The molecule has 1 atom stereocenters. The predicted molar refractivity (Wildman–Crippen MR) is 103 cm³/mol. The van der Waals surface area contributed by atoms with Crippen LogP contribution >= 0.6 is 35.7 Å². The molecular weight excluding hydrogens is 397 g/mol. The second-order valence-corrected chi connectivity index (χ2v) is 7.99. The Morgan fingerprint density at radius 1 is 1.48 bits per heavy atom. The number of hydrogen-bond acceptors (Lipinski definition) is 3. The molecule has 4 nitrogen and oxygen atoms in total. The van der Waals surface area contributed by atoms with Crippen LogP contribution in [0.25, 0.3) is 0 Å². The third-order valence-electron chi connectivity index (χ3n) is 3.80. The van der Waals surface area contributed by atoms with E-state index in [9.17, 15) is 0 Å². The molecule has 124 valence electrons. The highest BCUT2D eigenvalue weighted by Gasteiger charge is 2.28. The molecule has 2 rings (SSSR count). The summed E-state index contributed by atoms with van der Waals surface area (Å²) in [6.45, 7) is 11.7. The van der Waals surface area contributed by atoms with Crippen LogP contribution in [-0.2, 0) is 4.74 Å². The molecule has 2 saturated heterocycles. The number of nitrogens with zero attached hydrogens (tertiary/aromatic N) is 2.